The summed E-state index contributed by atoms with van der Waals surface area (Å²) in [5, 5.41) is 4.89. The van der Waals surface area contributed by atoms with Crippen molar-refractivity contribution in [2.45, 2.75) is 12.6 Å². The third kappa shape index (κ3) is 7.99. The highest BCUT2D eigenvalue weighted by atomic mass is 19.4. The molecule has 2 amide bonds. The van der Waals surface area contributed by atoms with E-state index in [-0.39, 0.29) is 24.7 Å². The molecule has 0 saturated heterocycles. The van der Waals surface area contributed by atoms with E-state index in [4.69, 9.17) is 4.74 Å². The van der Waals surface area contributed by atoms with Crippen LogP contribution in [0.5, 0.6) is 0 Å². The molecule has 0 heterocycles. The Kier molecular flexibility index (Phi) is 8.36. The molecule has 6 nitrogen and oxygen atoms in total. The number of nitrogens with zero attached hydrogens (tertiary/aromatic N) is 1. The SMILES string of the molecule is COCCCNC(=O)CN(C)CC(=O)Nc1ccccc1C(F)(F)F. The second kappa shape index (κ2) is 10.00. The predicted molar refractivity (Wildman–Crippen MR) is 87.1 cm³/mol. The summed E-state index contributed by atoms with van der Waals surface area (Å²) in [4.78, 5) is 25.0. The van der Waals surface area contributed by atoms with Crippen LogP contribution in [0.3, 0.4) is 0 Å². The molecule has 9 heteroatoms. The van der Waals surface area contributed by atoms with Crippen molar-refractivity contribution >= 4 is 17.5 Å². The van der Waals surface area contributed by atoms with Crippen molar-refractivity contribution in [3.63, 3.8) is 0 Å². The number of amides is 2. The zero-order valence-electron chi connectivity index (χ0n) is 14.2. The molecule has 0 spiro atoms. The summed E-state index contributed by atoms with van der Waals surface area (Å²) in [7, 11) is 3.09. The number of likely N-dealkylation sites (N-methyl/N-ethyl adjacent to an activating group) is 1. The predicted octanol–water partition coefficient (Wildman–Crippen LogP) is 1.73. The lowest BCUT2D eigenvalue weighted by molar-refractivity contribution is -0.137. The van der Waals surface area contributed by atoms with Gasteiger partial charge >= 0.3 is 6.18 Å². The highest BCUT2D eigenvalue weighted by molar-refractivity contribution is 5.93. The molecule has 0 aliphatic heterocycles. The fourth-order valence-electron chi connectivity index (χ4n) is 2.08. The van der Waals surface area contributed by atoms with Gasteiger partial charge in [0.2, 0.25) is 11.8 Å². The van der Waals surface area contributed by atoms with Crippen LogP contribution in [0, 0.1) is 0 Å². The molecule has 0 atom stereocenters. The number of hydrogen-bond donors (Lipinski definition) is 2. The van der Waals surface area contributed by atoms with Gasteiger partial charge in [0, 0.05) is 20.3 Å². The average Bonchev–Trinajstić information content (AvgIpc) is 2.50. The molecule has 1 aromatic carbocycles. The van der Waals surface area contributed by atoms with E-state index in [2.05, 4.69) is 10.6 Å². The van der Waals surface area contributed by atoms with Crippen molar-refractivity contribution in [3.05, 3.63) is 29.8 Å². The van der Waals surface area contributed by atoms with Crippen molar-refractivity contribution in [1.29, 1.82) is 0 Å². The van der Waals surface area contributed by atoms with Gasteiger partial charge in [-0.25, -0.2) is 0 Å². The van der Waals surface area contributed by atoms with Crippen molar-refractivity contribution in [2.24, 2.45) is 0 Å². The molecule has 25 heavy (non-hydrogen) atoms. The standard InChI is InChI=1S/C16H22F3N3O3/c1-22(10-14(23)20-8-5-9-25-2)11-15(24)21-13-7-4-3-6-12(13)16(17,18)19/h3-4,6-7H,5,8-11H2,1-2H3,(H,20,23)(H,21,24). The Morgan fingerprint density at radius 1 is 1.16 bits per heavy atom. The van der Waals surface area contributed by atoms with Crippen LogP contribution in [0.25, 0.3) is 0 Å². The molecular formula is C16H22F3N3O3. The summed E-state index contributed by atoms with van der Waals surface area (Å²) in [6.45, 7) is 0.724. The molecule has 0 saturated carbocycles. The Bertz CT molecular complexity index is 579. The zero-order valence-corrected chi connectivity index (χ0v) is 14.2. The number of rotatable bonds is 9. The monoisotopic (exact) mass is 361 g/mol. The van der Waals surface area contributed by atoms with Gasteiger partial charge in [0.25, 0.3) is 0 Å². The van der Waals surface area contributed by atoms with E-state index in [0.29, 0.717) is 19.6 Å². The molecule has 0 aromatic heterocycles. The van der Waals surface area contributed by atoms with Gasteiger partial charge in [0.05, 0.1) is 24.3 Å². The van der Waals surface area contributed by atoms with Gasteiger partial charge in [-0.1, -0.05) is 12.1 Å². The summed E-state index contributed by atoms with van der Waals surface area (Å²) < 4.78 is 43.5. The van der Waals surface area contributed by atoms with Gasteiger partial charge in [0.1, 0.15) is 0 Å². The number of carbonyl (C=O) groups excluding carboxylic acids is 2. The normalized spacial score (nSPS) is 11.4. The number of benzene rings is 1. The van der Waals surface area contributed by atoms with E-state index in [0.717, 1.165) is 6.07 Å². The van der Waals surface area contributed by atoms with Gasteiger partial charge in [-0.05, 0) is 25.6 Å². The maximum absolute atomic E-state index is 12.9. The van der Waals surface area contributed by atoms with Gasteiger partial charge in [-0.2, -0.15) is 13.2 Å². The van der Waals surface area contributed by atoms with Crippen LogP contribution in [0.15, 0.2) is 24.3 Å². The van der Waals surface area contributed by atoms with Crippen LogP contribution in [0.1, 0.15) is 12.0 Å². The van der Waals surface area contributed by atoms with Gasteiger partial charge in [0.15, 0.2) is 0 Å². The fraction of sp³-hybridized carbons (Fsp3) is 0.500. The topological polar surface area (TPSA) is 70.7 Å². The Labute approximate surface area is 144 Å². The Morgan fingerprint density at radius 3 is 2.44 bits per heavy atom. The summed E-state index contributed by atoms with van der Waals surface area (Å²) >= 11 is 0. The first-order valence-electron chi connectivity index (χ1n) is 7.64. The quantitative estimate of drug-likeness (QED) is 0.657. The summed E-state index contributed by atoms with van der Waals surface area (Å²) in [6, 6.07) is 4.73. The van der Waals surface area contributed by atoms with E-state index in [1.54, 1.807) is 7.11 Å². The molecule has 0 aliphatic carbocycles. The first-order valence-corrected chi connectivity index (χ1v) is 7.64. The lowest BCUT2D eigenvalue weighted by atomic mass is 10.1. The highest BCUT2D eigenvalue weighted by Crippen LogP contribution is 2.34. The number of ether oxygens (including phenoxy) is 1. The third-order valence-corrected chi connectivity index (χ3v) is 3.18. The maximum atomic E-state index is 12.9. The number of nitrogens with one attached hydrogen (secondary N) is 2. The Morgan fingerprint density at radius 2 is 1.80 bits per heavy atom. The molecule has 1 aromatic rings. The van der Waals surface area contributed by atoms with Crippen LogP contribution in [-0.2, 0) is 20.5 Å². The smallest absolute Gasteiger partial charge is 0.385 e. The lowest BCUT2D eigenvalue weighted by Gasteiger charge is -2.17. The van der Waals surface area contributed by atoms with Crippen LogP contribution < -0.4 is 10.6 Å². The van der Waals surface area contributed by atoms with E-state index >= 15 is 0 Å². The molecule has 140 valence electrons. The largest absolute Gasteiger partial charge is 0.418 e. The minimum atomic E-state index is -4.56. The van der Waals surface area contributed by atoms with Crippen LogP contribution in [-0.4, -0.2) is 57.1 Å². The second-order valence-electron chi connectivity index (χ2n) is 5.46. The molecule has 0 aliphatic rings. The number of anilines is 1. The van der Waals surface area contributed by atoms with Gasteiger partial charge in [-0.3, -0.25) is 14.5 Å². The maximum Gasteiger partial charge on any atom is 0.418 e. The minimum absolute atomic E-state index is 0.0404. The van der Waals surface area contributed by atoms with Gasteiger partial charge in [-0.15, -0.1) is 0 Å². The molecule has 0 fully saturated rings. The van der Waals surface area contributed by atoms with Gasteiger partial charge < -0.3 is 15.4 Å². The van der Waals surface area contributed by atoms with Crippen LogP contribution in [0.4, 0.5) is 18.9 Å². The third-order valence-electron chi connectivity index (χ3n) is 3.18. The van der Waals surface area contributed by atoms with Crippen molar-refractivity contribution < 1.29 is 27.5 Å². The number of alkyl halides is 3. The Balaban J connectivity index is 2.48. The van der Waals surface area contributed by atoms with E-state index in [1.165, 1.54) is 30.1 Å². The first kappa shape index (κ1) is 20.9. The molecule has 2 N–H and O–H groups in total. The Hall–Kier alpha value is -2.13. The second-order valence-corrected chi connectivity index (χ2v) is 5.46. The molecule has 1 rings (SSSR count). The number of hydrogen-bond acceptors (Lipinski definition) is 4. The average molecular weight is 361 g/mol. The van der Waals surface area contributed by atoms with Crippen molar-refractivity contribution in [2.75, 3.05) is 45.7 Å². The van der Waals surface area contributed by atoms with Crippen LogP contribution >= 0.6 is 0 Å². The first-order chi connectivity index (χ1) is 11.7. The van der Waals surface area contributed by atoms with Crippen LogP contribution in [0.2, 0.25) is 0 Å². The molecular weight excluding hydrogens is 339 g/mol. The minimum Gasteiger partial charge on any atom is -0.385 e. The highest BCUT2D eigenvalue weighted by Gasteiger charge is 2.33. The number of para-hydroxylation sites is 1. The number of methoxy groups -OCH3 is 1. The van der Waals surface area contributed by atoms with Crippen molar-refractivity contribution in [3.8, 4) is 0 Å². The summed E-state index contributed by atoms with van der Waals surface area (Å²) in [5.41, 5.74) is -1.22. The summed E-state index contributed by atoms with van der Waals surface area (Å²) in [5.74, 6) is -0.909. The molecule has 0 bridgehead atoms. The van der Waals surface area contributed by atoms with E-state index in [1.807, 2.05) is 0 Å². The van der Waals surface area contributed by atoms with E-state index in [9.17, 15) is 22.8 Å². The number of halogens is 3. The van der Waals surface area contributed by atoms with Crippen molar-refractivity contribution in [1.82, 2.24) is 10.2 Å². The number of carbonyl (C=O) groups is 2. The lowest BCUT2D eigenvalue weighted by Crippen LogP contribution is -2.39. The van der Waals surface area contributed by atoms with E-state index < -0.39 is 17.6 Å². The summed E-state index contributed by atoms with van der Waals surface area (Å²) in [6.07, 6.45) is -3.89. The zero-order chi connectivity index (χ0) is 18.9. The fourth-order valence-corrected chi connectivity index (χ4v) is 2.08. The molecule has 0 radical (unpaired) electrons. The molecule has 0 unspecified atom stereocenters.